The molecule has 3 aliphatic rings. The van der Waals surface area contributed by atoms with Gasteiger partial charge in [0.05, 0.1) is 17.1 Å². The zero-order valence-corrected chi connectivity index (χ0v) is 20.5. The number of nitrogens with one attached hydrogen (secondary N) is 1. The number of hydrazine groups is 1. The number of nitrogens with zero attached hydrogens (tertiary/aromatic N) is 6. The van der Waals surface area contributed by atoms with Crippen molar-refractivity contribution in [2.24, 2.45) is 0 Å². The molecule has 2 fully saturated rings. The molecular weight excluding hydrogens is 454 g/mol. The van der Waals surface area contributed by atoms with Crippen molar-refractivity contribution >= 4 is 39.2 Å². The summed E-state index contributed by atoms with van der Waals surface area (Å²) in [5, 5.41) is 6.96. The number of fused-ring (bicyclic) bond motifs is 1. The summed E-state index contributed by atoms with van der Waals surface area (Å²) in [6.07, 6.45) is 7.72. The Hall–Kier alpha value is -2.92. The SMILES string of the molecule is CCN1C(=O)N(C)c2cnc(Nc3cccc(S(=O)(=O)N4CCCC4)c3)nc2N1C1CCCC1. The highest BCUT2D eigenvalue weighted by atomic mass is 32.2. The van der Waals surface area contributed by atoms with Crippen LogP contribution < -0.4 is 15.2 Å². The molecule has 0 bridgehead atoms. The quantitative estimate of drug-likeness (QED) is 0.667. The Morgan fingerprint density at radius 1 is 1.12 bits per heavy atom. The van der Waals surface area contributed by atoms with Gasteiger partial charge in [-0.15, -0.1) is 0 Å². The van der Waals surface area contributed by atoms with E-state index in [2.05, 4.69) is 10.3 Å². The van der Waals surface area contributed by atoms with Crippen molar-refractivity contribution in [2.45, 2.75) is 56.4 Å². The molecule has 10 nitrogen and oxygen atoms in total. The van der Waals surface area contributed by atoms with Gasteiger partial charge < -0.3 is 5.32 Å². The van der Waals surface area contributed by atoms with Crippen LogP contribution in [-0.2, 0) is 10.0 Å². The molecule has 2 aliphatic heterocycles. The molecule has 34 heavy (non-hydrogen) atoms. The van der Waals surface area contributed by atoms with Gasteiger partial charge in [0, 0.05) is 32.4 Å². The number of carbonyl (C=O) groups excluding carboxylic acids is 1. The van der Waals surface area contributed by atoms with Crippen LogP contribution in [0.5, 0.6) is 0 Å². The number of carbonyl (C=O) groups is 1. The monoisotopic (exact) mass is 485 g/mol. The number of urea groups is 1. The minimum absolute atomic E-state index is 0.0916. The normalized spacial score (nSPS) is 19.7. The van der Waals surface area contributed by atoms with E-state index in [0.29, 0.717) is 42.8 Å². The van der Waals surface area contributed by atoms with Crippen LogP contribution in [0.2, 0.25) is 0 Å². The van der Waals surface area contributed by atoms with Gasteiger partial charge in [0.25, 0.3) is 0 Å². The molecule has 182 valence electrons. The van der Waals surface area contributed by atoms with Gasteiger partial charge in [-0.25, -0.2) is 23.2 Å². The number of amides is 2. The lowest BCUT2D eigenvalue weighted by atomic mass is 10.2. The van der Waals surface area contributed by atoms with Crippen molar-refractivity contribution in [3.8, 4) is 0 Å². The Kier molecular flexibility index (Phi) is 6.07. The van der Waals surface area contributed by atoms with E-state index in [1.165, 1.54) is 4.31 Å². The lowest BCUT2D eigenvalue weighted by molar-refractivity contribution is 0.191. The first-order chi connectivity index (χ1) is 16.4. The fourth-order valence-corrected chi connectivity index (χ4v) is 6.63. The zero-order chi connectivity index (χ0) is 23.9. The summed E-state index contributed by atoms with van der Waals surface area (Å²) >= 11 is 0. The van der Waals surface area contributed by atoms with Crippen LogP contribution in [0.4, 0.5) is 27.9 Å². The standard InChI is InChI=1S/C23H31N7O3S/c1-3-29-23(31)27(2)20-16-24-22(26-21(20)30(29)18-10-4-5-11-18)25-17-9-8-12-19(15-17)34(32,33)28-13-6-7-14-28/h8-9,12,15-16,18H,3-7,10-11,13-14H2,1-2H3,(H,24,25,26). The first kappa shape index (κ1) is 22.9. The second-order valence-corrected chi connectivity index (χ2v) is 10.9. The predicted molar refractivity (Wildman–Crippen MR) is 131 cm³/mol. The molecule has 0 radical (unpaired) electrons. The van der Waals surface area contributed by atoms with Crippen LogP contribution in [0, 0.1) is 0 Å². The topological polar surface area (TPSA) is 102 Å². The van der Waals surface area contributed by atoms with Crippen molar-refractivity contribution in [3.05, 3.63) is 30.5 Å². The largest absolute Gasteiger partial charge is 0.343 e. The number of hydrogen-bond acceptors (Lipinski definition) is 7. The number of aromatic nitrogens is 2. The maximum Gasteiger partial charge on any atom is 0.343 e. The molecule has 1 saturated carbocycles. The average Bonchev–Trinajstić information content (AvgIpc) is 3.56. The Morgan fingerprint density at radius 3 is 2.56 bits per heavy atom. The van der Waals surface area contributed by atoms with E-state index in [1.807, 2.05) is 11.9 Å². The summed E-state index contributed by atoms with van der Waals surface area (Å²) in [6, 6.07) is 6.89. The highest BCUT2D eigenvalue weighted by Crippen LogP contribution is 2.39. The van der Waals surface area contributed by atoms with Crippen LogP contribution in [-0.4, -0.2) is 66.5 Å². The molecule has 1 N–H and O–H groups in total. The van der Waals surface area contributed by atoms with E-state index in [4.69, 9.17) is 4.98 Å². The predicted octanol–water partition coefficient (Wildman–Crippen LogP) is 3.56. The summed E-state index contributed by atoms with van der Waals surface area (Å²) in [7, 11) is -1.78. The number of anilines is 4. The lowest BCUT2D eigenvalue weighted by Crippen LogP contribution is -2.59. The Bertz CT molecular complexity index is 1180. The minimum Gasteiger partial charge on any atom is -0.324 e. The van der Waals surface area contributed by atoms with Crippen molar-refractivity contribution in [3.63, 3.8) is 0 Å². The number of benzene rings is 1. The Labute approximate surface area is 200 Å². The lowest BCUT2D eigenvalue weighted by Gasteiger charge is -2.45. The van der Waals surface area contributed by atoms with Gasteiger partial charge in [-0.3, -0.25) is 9.91 Å². The van der Waals surface area contributed by atoms with Crippen LogP contribution in [0.25, 0.3) is 0 Å². The first-order valence-electron chi connectivity index (χ1n) is 12.0. The van der Waals surface area contributed by atoms with Crippen molar-refractivity contribution in [1.82, 2.24) is 19.3 Å². The third-order valence-electron chi connectivity index (χ3n) is 6.86. The first-order valence-corrected chi connectivity index (χ1v) is 13.4. The summed E-state index contributed by atoms with van der Waals surface area (Å²) in [5.41, 5.74) is 1.26. The molecule has 5 rings (SSSR count). The summed E-state index contributed by atoms with van der Waals surface area (Å²) in [5.74, 6) is 1.05. The maximum absolute atomic E-state index is 13.0. The van der Waals surface area contributed by atoms with Gasteiger partial charge in [-0.2, -0.15) is 9.29 Å². The van der Waals surface area contributed by atoms with Gasteiger partial charge in [0.2, 0.25) is 16.0 Å². The Morgan fingerprint density at radius 2 is 1.85 bits per heavy atom. The second-order valence-electron chi connectivity index (χ2n) is 9.01. The molecule has 1 aromatic carbocycles. The zero-order valence-electron chi connectivity index (χ0n) is 19.6. The molecule has 0 atom stereocenters. The molecule has 2 amide bonds. The number of sulfonamides is 1. The Balaban J connectivity index is 1.47. The number of rotatable bonds is 6. The van der Waals surface area contributed by atoms with Gasteiger partial charge in [0.15, 0.2) is 5.82 Å². The molecule has 1 aromatic heterocycles. The molecule has 1 aliphatic carbocycles. The van der Waals surface area contributed by atoms with Crippen LogP contribution in [0.1, 0.15) is 45.4 Å². The fourth-order valence-electron chi connectivity index (χ4n) is 5.06. The molecule has 11 heteroatoms. The van der Waals surface area contributed by atoms with Crippen molar-refractivity contribution < 1.29 is 13.2 Å². The van der Waals surface area contributed by atoms with E-state index in [-0.39, 0.29) is 17.0 Å². The summed E-state index contributed by atoms with van der Waals surface area (Å²) in [6.45, 7) is 3.63. The molecule has 1 saturated heterocycles. The highest BCUT2D eigenvalue weighted by Gasteiger charge is 2.39. The molecular formula is C23H31N7O3S. The van der Waals surface area contributed by atoms with E-state index in [0.717, 1.165) is 38.5 Å². The van der Waals surface area contributed by atoms with Crippen molar-refractivity contribution in [2.75, 3.05) is 41.9 Å². The third-order valence-corrected chi connectivity index (χ3v) is 8.75. The van der Waals surface area contributed by atoms with Crippen LogP contribution >= 0.6 is 0 Å². The smallest absolute Gasteiger partial charge is 0.324 e. The molecule has 0 unspecified atom stereocenters. The maximum atomic E-state index is 13.0. The molecule has 0 spiro atoms. The van der Waals surface area contributed by atoms with E-state index in [1.54, 1.807) is 47.4 Å². The summed E-state index contributed by atoms with van der Waals surface area (Å²) < 4.78 is 27.5. The minimum atomic E-state index is -3.52. The third kappa shape index (κ3) is 3.96. The van der Waals surface area contributed by atoms with Crippen LogP contribution in [0.15, 0.2) is 35.4 Å². The van der Waals surface area contributed by atoms with Gasteiger partial charge >= 0.3 is 6.03 Å². The van der Waals surface area contributed by atoms with Crippen LogP contribution in [0.3, 0.4) is 0 Å². The fraction of sp³-hybridized carbons (Fsp3) is 0.522. The van der Waals surface area contributed by atoms with E-state index < -0.39 is 10.0 Å². The molecule has 2 aromatic rings. The average molecular weight is 486 g/mol. The molecule has 3 heterocycles. The highest BCUT2D eigenvalue weighted by molar-refractivity contribution is 7.89. The van der Waals surface area contributed by atoms with Gasteiger partial charge in [0.1, 0.15) is 5.69 Å². The second kappa shape index (κ2) is 9.03. The van der Waals surface area contributed by atoms with E-state index >= 15 is 0 Å². The number of hydrogen-bond donors (Lipinski definition) is 1. The summed E-state index contributed by atoms with van der Waals surface area (Å²) in [4.78, 5) is 24.0. The van der Waals surface area contributed by atoms with Gasteiger partial charge in [-0.05, 0) is 50.8 Å². The van der Waals surface area contributed by atoms with Crippen molar-refractivity contribution in [1.29, 1.82) is 0 Å². The van der Waals surface area contributed by atoms with Gasteiger partial charge in [-0.1, -0.05) is 18.9 Å². The van der Waals surface area contributed by atoms with E-state index in [9.17, 15) is 13.2 Å².